The van der Waals surface area contributed by atoms with Crippen LogP contribution in [0, 0.1) is 5.41 Å². The predicted molar refractivity (Wildman–Crippen MR) is 77.4 cm³/mol. The van der Waals surface area contributed by atoms with E-state index in [0.29, 0.717) is 6.04 Å². The van der Waals surface area contributed by atoms with E-state index in [1.807, 2.05) is 0 Å². The largest absolute Gasteiger partial charge is 0.329 e. The molecule has 2 atom stereocenters. The molecule has 1 aliphatic rings. The molecule has 100 valence electrons. The Morgan fingerprint density at radius 2 is 1.89 bits per heavy atom. The zero-order valence-electron chi connectivity index (χ0n) is 11.9. The van der Waals surface area contributed by atoms with Gasteiger partial charge in [0.1, 0.15) is 0 Å². The van der Waals surface area contributed by atoms with Gasteiger partial charge in [0, 0.05) is 18.1 Å². The Bertz CT molecular complexity index is 385. The number of nitrogens with one attached hydrogen (secondary N) is 1. The van der Waals surface area contributed by atoms with Crippen LogP contribution in [0.25, 0.3) is 0 Å². The van der Waals surface area contributed by atoms with Gasteiger partial charge in [0.25, 0.3) is 0 Å². The van der Waals surface area contributed by atoms with E-state index in [-0.39, 0.29) is 11.0 Å². The Kier molecular flexibility index (Phi) is 3.79. The van der Waals surface area contributed by atoms with Crippen LogP contribution >= 0.6 is 0 Å². The number of rotatable bonds is 4. The van der Waals surface area contributed by atoms with E-state index in [9.17, 15) is 0 Å². The molecule has 1 aromatic carbocycles. The van der Waals surface area contributed by atoms with Crippen molar-refractivity contribution in [2.45, 2.75) is 51.6 Å². The summed E-state index contributed by atoms with van der Waals surface area (Å²) in [6, 6.07) is 11.0. The smallest absolute Gasteiger partial charge is 0.0360 e. The maximum Gasteiger partial charge on any atom is 0.0360 e. The molecule has 0 aromatic heterocycles. The second-order valence-corrected chi connectivity index (χ2v) is 6.30. The average molecular weight is 246 g/mol. The molecule has 3 N–H and O–H groups in total. The summed E-state index contributed by atoms with van der Waals surface area (Å²) in [7, 11) is 0. The van der Waals surface area contributed by atoms with Gasteiger partial charge in [-0.2, -0.15) is 0 Å². The van der Waals surface area contributed by atoms with Crippen molar-refractivity contribution < 1.29 is 0 Å². The summed E-state index contributed by atoms with van der Waals surface area (Å²) in [5, 5.41) is 3.82. The molecule has 2 heteroatoms. The van der Waals surface area contributed by atoms with Gasteiger partial charge in [-0.1, -0.05) is 50.6 Å². The maximum atomic E-state index is 6.11. The van der Waals surface area contributed by atoms with Crippen molar-refractivity contribution in [3.63, 3.8) is 0 Å². The van der Waals surface area contributed by atoms with Crippen molar-refractivity contribution in [1.82, 2.24) is 5.32 Å². The lowest BCUT2D eigenvalue weighted by Gasteiger charge is -2.44. The first-order chi connectivity index (χ1) is 8.51. The number of hydrogen-bond donors (Lipinski definition) is 2. The first kappa shape index (κ1) is 13.6. The van der Waals surface area contributed by atoms with Crippen molar-refractivity contribution in [1.29, 1.82) is 0 Å². The Balaban J connectivity index is 2.17. The quantitative estimate of drug-likeness (QED) is 0.856. The van der Waals surface area contributed by atoms with Crippen LogP contribution in [0.5, 0.6) is 0 Å². The zero-order chi connectivity index (χ0) is 13.2. The predicted octanol–water partition coefficient (Wildman–Crippen LogP) is 3.24. The van der Waals surface area contributed by atoms with Crippen molar-refractivity contribution in [3.05, 3.63) is 35.9 Å². The highest BCUT2D eigenvalue weighted by atomic mass is 15.1. The highest BCUT2D eigenvalue weighted by Crippen LogP contribution is 2.46. The lowest BCUT2D eigenvalue weighted by atomic mass is 9.74. The van der Waals surface area contributed by atoms with E-state index in [4.69, 9.17) is 5.73 Å². The van der Waals surface area contributed by atoms with Gasteiger partial charge in [-0.3, -0.25) is 0 Å². The minimum absolute atomic E-state index is 0.0856. The number of benzene rings is 1. The van der Waals surface area contributed by atoms with Gasteiger partial charge in [0.05, 0.1) is 0 Å². The lowest BCUT2D eigenvalue weighted by Crippen LogP contribution is -2.58. The maximum absolute atomic E-state index is 6.11. The second-order valence-electron chi connectivity index (χ2n) is 6.30. The fourth-order valence-electron chi connectivity index (χ4n) is 3.35. The molecule has 1 fully saturated rings. The molecule has 0 amide bonds. The third kappa shape index (κ3) is 2.32. The molecule has 0 bridgehead atoms. The van der Waals surface area contributed by atoms with Gasteiger partial charge in [-0.05, 0) is 30.7 Å². The van der Waals surface area contributed by atoms with Crippen LogP contribution in [0.4, 0.5) is 0 Å². The monoisotopic (exact) mass is 246 g/mol. The minimum Gasteiger partial charge on any atom is -0.329 e. The second kappa shape index (κ2) is 5.02. The van der Waals surface area contributed by atoms with Crippen molar-refractivity contribution in [2.24, 2.45) is 11.1 Å². The highest BCUT2D eigenvalue weighted by molar-refractivity contribution is 5.20. The van der Waals surface area contributed by atoms with Gasteiger partial charge in [0.2, 0.25) is 0 Å². The molecule has 0 spiro atoms. The molecule has 2 rings (SSSR count). The summed E-state index contributed by atoms with van der Waals surface area (Å²) in [4.78, 5) is 0. The highest BCUT2D eigenvalue weighted by Gasteiger charge is 2.48. The summed E-state index contributed by atoms with van der Waals surface area (Å²) in [6.45, 7) is 7.65. The lowest BCUT2D eigenvalue weighted by molar-refractivity contribution is 0.149. The molecule has 0 saturated heterocycles. The first-order valence-electron chi connectivity index (χ1n) is 7.03. The van der Waals surface area contributed by atoms with Crippen molar-refractivity contribution >= 4 is 0 Å². The van der Waals surface area contributed by atoms with E-state index in [0.717, 1.165) is 6.54 Å². The molecule has 1 aliphatic carbocycles. The Hall–Kier alpha value is -0.860. The van der Waals surface area contributed by atoms with E-state index in [2.05, 4.69) is 56.4 Å². The van der Waals surface area contributed by atoms with Crippen molar-refractivity contribution in [2.75, 3.05) is 6.54 Å². The molecule has 0 radical (unpaired) electrons. The standard InChI is InChI=1S/C16H26N2/c1-13(14-8-5-4-6-9-14)18-16(12-17)11-7-10-15(16,2)3/h4-6,8-9,13,18H,7,10-12,17H2,1-3H3. The van der Waals surface area contributed by atoms with Crippen LogP contribution in [0.1, 0.15) is 51.6 Å². The molecule has 0 heterocycles. The Labute approximate surface area is 111 Å². The fourth-order valence-corrected chi connectivity index (χ4v) is 3.35. The normalized spacial score (nSPS) is 28.2. The van der Waals surface area contributed by atoms with E-state index < -0.39 is 0 Å². The van der Waals surface area contributed by atoms with Crippen LogP contribution in [-0.4, -0.2) is 12.1 Å². The van der Waals surface area contributed by atoms with Crippen LogP contribution in [-0.2, 0) is 0 Å². The van der Waals surface area contributed by atoms with Crippen LogP contribution in [0.2, 0.25) is 0 Å². The van der Waals surface area contributed by atoms with Gasteiger partial charge < -0.3 is 11.1 Å². The number of nitrogens with two attached hydrogens (primary N) is 1. The molecule has 0 aliphatic heterocycles. The van der Waals surface area contributed by atoms with Gasteiger partial charge in [-0.25, -0.2) is 0 Å². The fraction of sp³-hybridized carbons (Fsp3) is 0.625. The van der Waals surface area contributed by atoms with Crippen molar-refractivity contribution in [3.8, 4) is 0 Å². The zero-order valence-corrected chi connectivity index (χ0v) is 11.9. The number of hydrogen-bond acceptors (Lipinski definition) is 2. The Morgan fingerprint density at radius 1 is 1.22 bits per heavy atom. The third-order valence-corrected chi connectivity index (χ3v) is 4.84. The van der Waals surface area contributed by atoms with Gasteiger partial charge in [-0.15, -0.1) is 0 Å². The molecular weight excluding hydrogens is 220 g/mol. The summed E-state index contributed by atoms with van der Waals surface area (Å²) in [5.41, 5.74) is 7.82. The summed E-state index contributed by atoms with van der Waals surface area (Å²) >= 11 is 0. The molecule has 2 unspecified atom stereocenters. The van der Waals surface area contributed by atoms with E-state index in [1.54, 1.807) is 0 Å². The first-order valence-corrected chi connectivity index (χ1v) is 7.03. The molecule has 2 nitrogen and oxygen atoms in total. The average Bonchev–Trinajstić information content (AvgIpc) is 2.66. The molecule has 1 aromatic rings. The molecule has 18 heavy (non-hydrogen) atoms. The minimum atomic E-state index is 0.0856. The SMILES string of the molecule is CC(NC1(CN)CCCC1(C)C)c1ccccc1. The van der Waals surface area contributed by atoms with Gasteiger partial charge >= 0.3 is 0 Å². The van der Waals surface area contributed by atoms with Crippen LogP contribution in [0.3, 0.4) is 0 Å². The van der Waals surface area contributed by atoms with Gasteiger partial charge in [0.15, 0.2) is 0 Å². The Morgan fingerprint density at radius 3 is 2.39 bits per heavy atom. The molecule has 1 saturated carbocycles. The van der Waals surface area contributed by atoms with Crippen LogP contribution in [0.15, 0.2) is 30.3 Å². The summed E-state index contributed by atoms with van der Waals surface area (Å²) in [5.74, 6) is 0. The molecular formula is C16H26N2. The summed E-state index contributed by atoms with van der Waals surface area (Å²) < 4.78 is 0. The van der Waals surface area contributed by atoms with Crippen LogP contribution < -0.4 is 11.1 Å². The van der Waals surface area contributed by atoms with E-state index >= 15 is 0 Å². The third-order valence-electron chi connectivity index (χ3n) is 4.84. The van der Waals surface area contributed by atoms with E-state index in [1.165, 1.54) is 24.8 Å². The summed E-state index contributed by atoms with van der Waals surface area (Å²) in [6.07, 6.45) is 3.73. The topological polar surface area (TPSA) is 38.0 Å².